The molecule has 0 N–H and O–H groups in total. The van der Waals surface area contributed by atoms with Crippen molar-refractivity contribution in [3.8, 4) is 28.7 Å². The summed E-state index contributed by atoms with van der Waals surface area (Å²) in [6.45, 7) is 29.6. The first-order valence-electron chi connectivity index (χ1n) is 23.8. The predicted molar refractivity (Wildman–Crippen MR) is 278 cm³/mol. The molecule has 0 atom stereocenters. The number of rotatable bonds is 9. The molecule has 0 amide bonds. The SMILES string of the molecule is CC(C)(C)c1ccnc(-n2c3ccc(C(C)(C)C)cc3c3ccc(Oc4cc(-n5[c-][n+](-c6cccc(C(C)(C)c7ccccc7)c6)cc5C(C)(C)C)cc(C(C)(C)c5ccccc5)c4)cc32)c1. The summed E-state index contributed by atoms with van der Waals surface area (Å²) in [5.41, 5.74) is 12.0. The maximum absolute atomic E-state index is 7.11. The number of ether oxygens (including phenoxy) is 1. The summed E-state index contributed by atoms with van der Waals surface area (Å²) < 4.78 is 13.8. The minimum atomic E-state index is -0.345. The molecule has 0 bridgehead atoms. The fourth-order valence-corrected chi connectivity index (χ4v) is 9.37. The number of hydrogen-bond donors (Lipinski definition) is 0. The van der Waals surface area contributed by atoms with Crippen molar-refractivity contribution in [2.24, 2.45) is 0 Å². The van der Waals surface area contributed by atoms with E-state index in [9.17, 15) is 0 Å². The molecule has 0 saturated heterocycles. The molecular weight excluding hydrogens is 817 g/mol. The van der Waals surface area contributed by atoms with Crippen LogP contribution >= 0.6 is 0 Å². The zero-order valence-corrected chi connectivity index (χ0v) is 41.8. The van der Waals surface area contributed by atoms with E-state index in [-0.39, 0.29) is 27.1 Å². The number of fused-ring (bicyclic) bond motifs is 3. The van der Waals surface area contributed by atoms with E-state index in [0.29, 0.717) is 0 Å². The standard InChI is InChI=1S/C62H66N4O/c1-58(2,3)44-27-30-54-53(36-44)52-29-28-50(39-55(52)66(54)57-37-45(31-32-63-57)59(4,5)6)67-51-35-47(62(12,13)43-23-18-15-19-24-43)34-49(38-51)65-41-64(40-56(65)60(7,8)9)48-26-20-25-46(33-48)61(10,11)42-21-16-14-17-22-42/h14-40H,1-13H3. The van der Waals surface area contributed by atoms with Crippen molar-refractivity contribution < 1.29 is 9.30 Å². The van der Waals surface area contributed by atoms with Crippen LogP contribution in [0.15, 0.2) is 164 Å². The molecule has 0 unspecified atom stereocenters. The highest BCUT2D eigenvalue weighted by Gasteiger charge is 2.29. The fourth-order valence-electron chi connectivity index (χ4n) is 9.37. The normalized spacial score (nSPS) is 12.9. The number of hydrogen-bond acceptors (Lipinski definition) is 2. The molecule has 9 rings (SSSR count). The fraction of sp³-hybridized carbons (Fsp3) is 0.290. The molecule has 5 nitrogen and oxygen atoms in total. The van der Waals surface area contributed by atoms with Crippen LogP contribution in [0, 0.1) is 6.33 Å². The molecule has 0 spiro atoms. The summed E-state index contributed by atoms with van der Waals surface area (Å²) in [6.07, 6.45) is 7.99. The van der Waals surface area contributed by atoms with E-state index in [4.69, 9.17) is 9.72 Å². The number of nitrogens with zero attached hydrogens (tertiary/aromatic N) is 4. The van der Waals surface area contributed by atoms with Crippen LogP contribution in [0.4, 0.5) is 0 Å². The van der Waals surface area contributed by atoms with Gasteiger partial charge < -0.3 is 4.74 Å². The van der Waals surface area contributed by atoms with Gasteiger partial charge >= 0.3 is 0 Å². The highest BCUT2D eigenvalue weighted by atomic mass is 16.5. The smallest absolute Gasteiger partial charge is 0.269 e. The summed E-state index contributed by atoms with van der Waals surface area (Å²) in [5.74, 6) is 2.39. The summed E-state index contributed by atoms with van der Waals surface area (Å²) in [6, 6.07) is 54.8. The third-order valence-electron chi connectivity index (χ3n) is 13.9. The Morgan fingerprint density at radius 1 is 0.463 bits per heavy atom. The Kier molecular flexibility index (Phi) is 11.2. The molecule has 340 valence electrons. The highest BCUT2D eigenvalue weighted by molar-refractivity contribution is 6.09. The van der Waals surface area contributed by atoms with Crippen molar-refractivity contribution in [2.75, 3.05) is 0 Å². The molecule has 0 aliphatic rings. The van der Waals surface area contributed by atoms with Gasteiger partial charge in [0.2, 0.25) is 0 Å². The molecule has 5 heteroatoms. The van der Waals surface area contributed by atoms with Crippen molar-refractivity contribution in [3.05, 3.63) is 209 Å². The van der Waals surface area contributed by atoms with Crippen molar-refractivity contribution in [1.82, 2.24) is 14.1 Å². The molecule has 0 aliphatic heterocycles. The third kappa shape index (κ3) is 8.73. The van der Waals surface area contributed by atoms with Crippen LogP contribution in [0.2, 0.25) is 0 Å². The van der Waals surface area contributed by atoms with Gasteiger partial charge in [0.25, 0.3) is 6.33 Å². The van der Waals surface area contributed by atoms with Gasteiger partial charge in [-0.1, -0.05) is 169 Å². The van der Waals surface area contributed by atoms with Gasteiger partial charge in [-0.2, -0.15) is 0 Å². The van der Waals surface area contributed by atoms with Gasteiger partial charge in [-0.05, 0) is 116 Å². The van der Waals surface area contributed by atoms with Gasteiger partial charge in [-0.15, -0.1) is 0 Å². The van der Waals surface area contributed by atoms with E-state index in [2.05, 4.69) is 268 Å². The first-order valence-corrected chi connectivity index (χ1v) is 23.8. The van der Waals surface area contributed by atoms with Crippen LogP contribution < -0.4 is 9.30 Å². The van der Waals surface area contributed by atoms with E-state index in [1.807, 2.05) is 6.20 Å². The summed E-state index contributed by atoms with van der Waals surface area (Å²) in [5, 5.41) is 2.36. The van der Waals surface area contributed by atoms with E-state index < -0.39 is 0 Å². The average Bonchev–Trinajstić information content (AvgIpc) is 3.90. The maximum Gasteiger partial charge on any atom is 0.269 e. The predicted octanol–water partition coefficient (Wildman–Crippen LogP) is 15.4. The number of imidazole rings is 1. The quantitative estimate of drug-likeness (QED) is 0.107. The third-order valence-corrected chi connectivity index (χ3v) is 13.9. The molecule has 0 radical (unpaired) electrons. The molecule has 6 aromatic carbocycles. The van der Waals surface area contributed by atoms with Crippen LogP contribution in [0.25, 0.3) is 39.0 Å². The second-order valence-corrected chi connectivity index (χ2v) is 22.6. The topological polar surface area (TPSA) is 35.9 Å². The number of aromatic nitrogens is 4. The monoisotopic (exact) mass is 883 g/mol. The molecule has 0 aliphatic carbocycles. The van der Waals surface area contributed by atoms with E-state index in [1.54, 1.807) is 0 Å². The minimum Gasteiger partial charge on any atom is -0.458 e. The Balaban J connectivity index is 1.20. The lowest BCUT2D eigenvalue weighted by atomic mass is 9.78. The van der Waals surface area contributed by atoms with E-state index in [1.165, 1.54) is 33.2 Å². The molecular formula is C62H66N4O. The Morgan fingerprint density at radius 2 is 1.09 bits per heavy atom. The van der Waals surface area contributed by atoms with Crippen LogP contribution in [0.3, 0.4) is 0 Å². The highest BCUT2D eigenvalue weighted by Crippen LogP contribution is 2.41. The lowest BCUT2D eigenvalue weighted by molar-refractivity contribution is -0.599. The van der Waals surface area contributed by atoms with Gasteiger partial charge in [0.15, 0.2) is 0 Å². The van der Waals surface area contributed by atoms with E-state index >= 15 is 0 Å². The van der Waals surface area contributed by atoms with Gasteiger partial charge in [0, 0.05) is 40.1 Å². The lowest BCUT2D eigenvalue weighted by Crippen LogP contribution is -2.29. The molecule has 67 heavy (non-hydrogen) atoms. The van der Waals surface area contributed by atoms with Crippen LogP contribution in [-0.4, -0.2) is 14.1 Å². The molecule has 0 saturated carbocycles. The lowest BCUT2D eigenvalue weighted by Gasteiger charge is -2.28. The van der Waals surface area contributed by atoms with Gasteiger partial charge in [-0.25, -0.2) is 4.98 Å². The van der Waals surface area contributed by atoms with Crippen molar-refractivity contribution in [1.29, 1.82) is 0 Å². The Morgan fingerprint density at radius 3 is 1.73 bits per heavy atom. The van der Waals surface area contributed by atoms with Gasteiger partial charge in [-0.3, -0.25) is 13.7 Å². The molecule has 3 heterocycles. The zero-order chi connectivity index (χ0) is 47.7. The van der Waals surface area contributed by atoms with Crippen LogP contribution in [0.1, 0.15) is 129 Å². The summed E-state index contributed by atoms with van der Waals surface area (Å²) in [7, 11) is 0. The summed E-state index contributed by atoms with van der Waals surface area (Å²) >= 11 is 0. The Labute approximate surface area is 398 Å². The Bertz CT molecular complexity index is 3250. The second kappa shape index (κ2) is 16.6. The number of benzene rings is 6. The largest absolute Gasteiger partial charge is 0.458 e. The minimum absolute atomic E-state index is 0.00108. The molecule has 3 aromatic heterocycles. The van der Waals surface area contributed by atoms with Gasteiger partial charge in [0.05, 0.1) is 28.1 Å². The first-order chi connectivity index (χ1) is 31.6. The average molecular weight is 883 g/mol. The second-order valence-electron chi connectivity index (χ2n) is 22.6. The van der Waals surface area contributed by atoms with Crippen molar-refractivity contribution in [3.63, 3.8) is 0 Å². The van der Waals surface area contributed by atoms with E-state index in [0.717, 1.165) is 56.4 Å². The first kappa shape index (κ1) is 45.4. The van der Waals surface area contributed by atoms with Gasteiger partial charge in [0.1, 0.15) is 17.3 Å². The molecule has 9 aromatic rings. The maximum atomic E-state index is 7.11. The number of pyridine rings is 1. The zero-order valence-electron chi connectivity index (χ0n) is 41.8. The van der Waals surface area contributed by atoms with Crippen LogP contribution in [0.5, 0.6) is 11.5 Å². The summed E-state index contributed by atoms with van der Waals surface area (Å²) in [4.78, 5) is 4.99. The van der Waals surface area contributed by atoms with Crippen molar-refractivity contribution >= 4 is 21.8 Å². The Hall–Kier alpha value is -6.72. The molecule has 0 fully saturated rings. The van der Waals surface area contributed by atoms with Crippen molar-refractivity contribution in [2.45, 2.75) is 117 Å². The van der Waals surface area contributed by atoms with Crippen LogP contribution in [-0.2, 0) is 27.1 Å².